The van der Waals surface area contributed by atoms with E-state index in [1.54, 1.807) is 6.20 Å². The summed E-state index contributed by atoms with van der Waals surface area (Å²) in [6, 6.07) is 14.5. The third kappa shape index (κ3) is 2.35. The van der Waals surface area contributed by atoms with Crippen LogP contribution in [0.15, 0.2) is 59.3 Å². The fourth-order valence-corrected chi connectivity index (χ4v) is 3.87. The molecule has 3 heterocycles. The number of nitrogens with zero attached hydrogens (tertiary/aromatic N) is 2. The predicted molar refractivity (Wildman–Crippen MR) is 97.7 cm³/mol. The number of benzene rings is 1. The first-order valence-electron chi connectivity index (χ1n) is 7.77. The average molecular weight is 318 g/mol. The molecule has 0 amide bonds. The first-order chi connectivity index (χ1) is 11.0. The summed E-state index contributed by atoms with van der Waals surface area (Å²) in [7, 11) is -1.33. The van der Waals surface area contributed by atoms with Crippen LogP contribution in [0, 0.1) is 0 Å². The van der Waals surface area contributed by atoms with E-state index in [4.69, 9.17) is 9.40 Å². The Labute approximate surface area is 136 Å². The lowest BCUT2D eigenvalue weighted by atomic mass is 10.1. The largest absolute Gasteiger partial charge is 0.437 e. The van der Waals surface area contributed by atoms with E-state index in [2.05, 4.69) is 48.9 Å². The van der Waals surface area contributed by atoms with Crippen LogP contribution < -0.4 is 5.19 Å². The van der Waals surface area contributed by atoms with E-state index in [0.29, 0.717) is 5.71 Å². The molecule has 4 rings (SSSR count). The highest BCUT2D eigenvalue weighted by molar-refractivity contribution is 6.88. The molecule has 0 radical (unpaired) electrons. The number of rotatable bonds is 2. The predicted octanol–water partition coefficient (Wildman–Crippen LogP) is 4.59. The molecule has 0 saturated carbocycles. The lowest BCUT2D eigenvalue weighted by Gasteiger charge is -2.16. The van der Waals surface area contributed by atoms with Gasteiger partial charge in [-0.2, -0.15) is 0 Å². The molecule has 0 atom stereocenters. The topological polar surface area (TPSA) is 38.9 Å². The van der Waals surface area contributed by atoms with Gasteiger partial charge in [0.15, 0.2) is 0 Å². The van der Waals surface area contributed by atoms with Gasteiger partial charge < -0.3 is 4.42 Å². The molecule has 0 unspecified atom stereocenters. The van der Waals surface area contributed by atoms with E-state index < -0.39 is 8.07 Å². The Hall–Kier alpha value is -2.46. The van der Waals surface area contributed by atoms with Crippen molar-refractivity contribution in [2.24, 2.45) is 0 Å². The van der Waals surface area contributed by atoms with Gasteiger partial charge in [0.05, 0.1) is 13.8 Å². The molecule has 0 aliphatic heterocycles. The molecular weight excluding hydrogens is 300 g/mol. The normalized spacial score (nSPS) is 12.1. The second-order valence-corrected chi connectivity index (χ2v) is 11.9. The van der Waals surface area contributed by atoms with Crippen LogP contribution in [0.1, 0.15) is 0 Å². The third-order valence-corrected chi connectivity index (χ3v) is 6.21. The zero-order valence-corrected chi connectivity index (χ0v) is 14.5. The molecule has 0 saturated heterocycles. The monoisotopic (exact) mass is 318 g/mol. The first kappa shape index (κ1) is 14.1. The minimum Gasteiger partial charge on any atom is -0.437 e. The van der Waals surface area contributed by atoms with E-state index in [0.717, 1.165) is 27.6 Å². The van der Waals surface area contributed by atoms with Gasteiger partial charge in [0.1, 0.15) is 5.58 Å². The maximum atomic E-state index is 5.99. The number of para-hydroxylation sites is 1. The van der Waals surface area contributed by atoms with Crippen molar-refractivity contribution in [2.75, 3.05) is 0 Å². The van der Waals surface area contributed by atoms with Crippen LogP contribution in [0.4, 0.5) is 0 Å². The second kappa shape index (κ2) is 5.03. The van der Waals surface area contributed by atoms with E-state index in [1.807, 2.05) is 24.4 Å². The van der Waals surface area contributed by atoms with Gasteiger partial charge in [0, 0.05) is 28.7 Å². The maximum Gasteiger partial charge on any atom is 0.227 e. The Kier molecular flexibility index (Phi) is 3.09. The fraction of sp³-hybridized carbons (Fsp3) is 0.158. The number of fused-ring (bicyclic) bond motifs is 3. The SMILES string of the molecule is C[Si](C)(C)c1ccc(-c2cccc3c2oc2ncccc23)nc1. The van der Waals surface area contributed by atoms with Crippen molar-refractivity contribution in [2.45, 2.75) is 19.6 Å². The van der Waals surface area contributed by atoms with Gasteiger partial charge in [-0.15, -0.1) is 0 Å². The van der Waals surface area contributed by atoms with E-state index in [-0.39, 0.29) is 0 Å². The van der Waals surface area contributed by atoms with Crippen LogP contribution in [0.3, 0.4) is 0 Å². The van der Waals surface area contributed by atoms with Crippen molar-refractivity contribution in [3.8, 4) is 11.3 Å². The van der Waals surface area contributed by atoms with Crippen molar-refractivity contribution in [1.29, 1.82) is 0 Å². The summed E-state index contributed by atoms with van der Waals surface area (Å²) in [5.41, 5.74) is 3.49. The highest BCUT2D eigenvalue weighted by atomic mass is 28.3. The van der Waals surface area contributed by atoms with Gasteiger partial charge in [-0.3, -0.25) is 4.98 Å². The van der Waals surface area contributed by atoms with Gasteiger partial charge in [-0.1, -0.05) is 37.8 Å². The van der Waals surface area contributed by atoms with Crippen molar-refractivity contribution in [3.05, 3.63) is 54.9 Å². The molecule has 4 aromatic rings. The summed E-state index contributed by atoms with van der Waals surface area (Å²) in [6.45, 7) is 6.99. The summed E-state index contributed by atoms with van der Waals surface area (Å²) in [5.74, 6) is 0. The zero-order valence-electron chi connectivity index (χ0n) is 13.5. The number of pyridine rings is 2. The molecule has 0 aliphatic rings. The molecule has 1 aromatic carbocycles. The van der Waals surface area contributed by atoms with Crippen LogP contribution in [-0.2, 0) is 0 Å². The molecule has 0 N–H and O–H groups in total. The summed E-state index contributed by atoms with van der Waals surface area (Å²) >= 11 is 0. The fourth-order valence-electron chi connectivity index (χ4n) is 2.83. The van der Waals surface area contributed by atoms with Gasteiger partial charge in [0.2, 0.25) is 5.71 Å². The highest BCUT2D eigenvalue weighted by Gasteiger charge is 2.18. The quantitative estimate of drug-likeness (QED) is 0.507. The van der Waals surface area contributed by atoms with Crippen LogP contribution >= 0.6 is 0 Å². The number of hydrogen-bond acceptors (Lipinski definition) is 3. The lowest BCUT2D eigenvalue weighted by molar-refractivity contribution is 0.655. The Balaban J connectivity index is 1.92. The van der Waals surface area contributed by atoms with Crippen LogP contribution in [0.2, 0.25) is 19.6 Å². The molecule has 114 valence electrons. The lowest BCUT2D eigenvalue weighted by Crippen LogP contribution is -2.37. The Morgan fingerprint density at radius 3 is 2.43 bits per heavy atom. The smallest absolute Gasteiger partial charge is 0.227 e. The summed E-state index contributed by atoms with van der Waals surface area (Å²) in [5, 5.41) is 3.49. The summed E-state index contributed by atoms with van der Waals surface area (Å²) in [4.78, 5) is 9.01. The highest BCUT2D eigenvalue weighted by Crippen LogP contribution is 2.33. The third-order valence-electron chi connectivity index (χ3n) is 4.18. The van der Waals surface area contributed by atoms with Crippen LogP contribution in [0.25, 0.3) is 33.3 Å². The maximum absolute atomic E-state index is 5.99. The Morgan fingerprint density at radius 2 is 1.70 bits per heavy atom. The standard InChI is InChI=1S/C19H18N2OSi/c1-23(2,3)13-9-10-17(21-12-13)16-7-4-6-14-15-8-5-11-20-19(15)22-18(14)16/h4-12H,1-3H3. The molecule has 23 heavy (non-hydrogen) atoms. The Morgan fingerprint density at radius 1 is 0.870 bits per heavy atom. The molecule has 4 heteroatoms. The molecule has 0 fully saturated rings. The van der Waals surface area contributed by atoms with Crippen molar-refractivity contribution in [1.82, 2.24) is 9.97 Å². The number of hydrogen-bond donors (Lipinski definition) is 0. The van der Waals surface area contributed by atoms with Crippen molar-refractivity contribution < 1.29 is 4.42 Å². The van der Waals surface area contributed by atoms with Gasteiger partial charge in [-0.25, -0.2) is 4.98 Å². The summed E-state index contributed by atoms with van der Waals surface area (Å²) < 4.78 is 5.99. The zero-order chi connectivity index (χ0) is 16.0. The van der Waals surface area contributed by atoms with Crippen LogP contribution in [-0.4, -0.2) is 18.0 Å². The molecule has 3 aromatic heterocycles. The van der Waals surface area contributed by atoms with Crippen LogP contribution in [0.5, 0.6) is 0 Å². The number of aromatic nitrogens is 2. The van der Waals surface area contributed by atoms with Crippen molar-refractivity contribution in [3.63, 3.8) is 0 Å². The van der Waals surface area contributed by atoms with Crippen molar-refractivity contribution >= 4 is 35.3 Å². The van der Waals surface area contributed by atoms with Gasteiger partial charge in [-0.05, 0) is 29.5 Å². The molecule has 0 bridgehead atoms. The van der Waals surface area contributed by atoms with E-state index >= 15 is 0 Å². The minimum absolute atomic E-state index is 0.675. The molecule has 3 nitrogen and oxygen atoms in total. The van der Waals surface area contributed by atoms with E-state index in [9.17, 15) is 0 Å². The van der Waals surface area contributed by atoms with Gasteiger partial charge >= 0.3 is 0 Å². The second-order valence-electron chi connectivity index (χ2n) is 6.82. The van der Waals surface area contributed by atoms with Gasteiger partial charge in [0.25, 0.3) is 0 Å². The number of furan rings is 1. The molecule has 0 aliphatic carbocycles. The molecular formula is C19H18N2OSi. The molecule has 0 spiro atoms. The summed E-state index contributed by atoms with van der Waals surface area (Å²) in [6.07, 6.45) is 3.77. The average Bonchev–Trinajstić information content (AvgIpc) is 2.93. The van der Waals surface area contributed by atoms with E-state index in [1.165, 1.54) is 5.19 Å². The first-order valence-corrected chi connectivity index (χ1v) is 11.3. The minimum atomic E-state index is -1.33. The Bertz CT molecular complexity index is 997.